The Morgan fingerprint density at radius 2 is 1.88 bits per heavy atom. The first-order valence-corrected chi connectivity index (χ1v) is 5.96. The van der Waals surface area contributed by atoms with Crippen molar-refractivity contribution in [1.29, 1.82) is 0 Å². The van der Waals surface area contributed by atoms with Gasteiger partial charge in [-0.3, -0.25) is 0 Å². The fraction of sp³-hybridized carbons (Fsp3) is 0.250. The summed E-state index contributed by atoms with van der Waals surface area (Å²) in [5.74, 6) is -1.81. The molecule has 0 saturated carbocycles. The van der Waals surface area contributed by atoms with Gasteiger partial charge in [0.05, 0.1) is 4.90 Å². The van der Waals surface area contributed by atoms with E-state index in [2.05, 4.69) is 0 Å². The Kier molecular flexibility index (Phi) is 3.08. The third-order valence-electron chi connectivity index (χ3n) is 1.84. The summed E-state index contributed by atoms with van der Waals surface area (Å²) in [4.78, 5) is -0.655. The molecule has 0 spiro atoms. The Labute approximate surface area is 94.8 Å². The molecule has 0 amide bonds. The molecule has 2 N–H and O–H groups in total. The molecule has 1 aromatic rings. The highest BCUT2D eigenvalue weighted by Gasteiger charge is 2.28. The van der Waals surface area contributed by atoms with E-state index in [9.17, 15) is 17.9 Å². The lowest BCUT2D eigenvalue weighted by atomic mass is 9.61. The topological polar surface area (TPSA) is 74.6 Å². The van der Waals surface area contributed by atoms with Crippen LogP contribution in [-0.4, -0.2) is 40.6 Å². The van der Waals surface area contributed by atoms with E-state index in [-0.39, 0.29) is 0 Å². The molecule has 82 valence electrons. The predicted octanol–water partition coefficient (Wildman–Crippen LogP) is -0.626. The van der Waals surface area contributed by atoms with Crippen LogP contribution in [0.25, 0.3) is 0 Å². The first kappa shape index (κ1) is 13.1. The second kappa shape index (κ2) is 3.78. The van der Waals surface area contributed by atoms with Crippen LogP contribution in [0.5, 0.6) is 5.75 Å². The number of aromatic hydroxyl groups is 1. The number of phenols is 1. The SMILES string of the molecule is [B]C([B])(O)c1c(F)cc(O)cc1S(C)(=O)=O. The lowest BCUT2D eigenvalue weighted by Gasteiger charge is -2.22. The minimum atomic E-state index is -3.88. The molecule has 1 aromatic carbocycles. The Morgan fingerprint density at radius 1 is 1.38 bits per heavy atom. The van der Waals surface area contributed by atoms with Crippen molar-refractivity contribution in [3.63, 3.8) is 0 Å². The smallest absolute Gasteiger partial charge is 0.176 e. The van der Waals surface area contributed by atoms with Crippen molar-refractivity contribution in [2.24, 2.45) is 0 Å². The highest BCUT2D eigenvalue weighted by atomic mass is 32.2. The number of hydrogen-bond acceptors (Lipinski definition) is 4. The molecule has 16 heavy (non-hydrogen) atoms. The molecule has 0 bridgehead atoms. The van der Waals surface area contributed by atoms with E-state index in [1.54, 1.807) is 0 Å². The Morgan fingerprint density at radius 3 is 2.25 bits per heavy atom. The lowest BCUT2D eigenvalue weighted by molar-refractivity contribution is 0.207. The summed E-state index contributed by atoms with van der Waals surface area (Å²) in [5, 5.41) is 15.7. The molecule has 1 rings (SSSR count). The fourth-order valence-electron chi connectivity index (χ4n) is 1.25. The maximum absolute atomic E-state index is 13.4. The zero-order valence-corrected chi connectivity index (χ0v) is 9.12. The van der Waals surface area contributed by atoms with Crippen molar-refractivity contribution in [2.75, 3.05) is 6.26 Å². The van der Waals surface area contributed by atoms with Crippen LogP contribution in [0.3, 0.4) is 0 Å². The van der Waals surface area contributed by atoms with E-state index in [0.717, 1.165) is 12.3 Å². The number of sulfone groups is 1. The number of phenolic OH excluding ortho intramolecular Hbond substituents is 1. The number of aliphatic hydroxyl groups is 1. The van der Waals surface area contributed by atoms with Gasteiger partial charge >= 0.3 is 0 Å². The Bertz CT molecular complexity index is 522. The molecular formula is C8H7B2FO4S. The van der Waals surface area contributed by atoms with Crippen molar-refractivity contribution in [3.8, 4) is 5.75 Å². The molecule has 0 fully saturated rings. The normalized spacial score (nSPS) is 12.7. The van der Waals surface area contributed by atoms with Crippen molar-refractivity contribution >= 4 is 25.5 Å². The molecular weight excluding hydrogens is 233 g/mol. The largest absolute Gasteiger partial charge is 0.508 e. The molecule has 4 nitrogen and oxygen atoms in total. The van der Waals surface area contributed by atoms with Gasteiger partial charge in [-0.1, -0.05) is 0 Å². The molecule has 8 heteroatoms. The van der Waals surface area contributed by atoms with Crippen LogP contribution in [0.2, 0.25) is 0 Å². The van der Waals surface area contributed by atoms with E-state index in [0.29, 0.717) is 6.07 Å². The second-order valence-corrected chi connectivity index (χ2v) is 5.38. The van der Waals surface area contributed by atoms with Crippen molar-refractivity contribution < 1.29 is 23.0 Å². The number of benzene rings is 1. The lowest BCUT2D eigenvalue weighted by Crippen LogP contribution is -2.29. The number of halogens is 1. The third-order valence-corrected chi connectivity index (χ3v) is 2.96. The van der Waals surface area contributed by atoms with E-state index < -0.39 is 37.3 Å². The van der Waals surface area contributed by atoms with E-state index in [1.165, 1.54) is 0 Å². The van der Waals surface area contributed by atoms with Gasteiger partial charge in [-0.15, -0.1) is 0 Å². The van der Waals surface area contributed by atoms with Crippen molar-refractivity contribution in [3.05, 3.63) is 23.5 Å². The van der Waals surface area contributed by atoms with E-state index in [1.807, 2.05) is 0 Å². The van der Waals surface area contributed by atoms with Gasteiger partial charge in [0.25, 0.3) is 0 Å². The van der Waals surface area contributed by atoms with Crippen molar-refractivity contribution in [1.82, 2.24) is 0 Å². The zero-order valence-electron chi connectivity index (χ0n) is 8.31. The van der Waals surface area contributed by atoms with Crippen LogP contribution < -0.4 is 0 Å². The maximum Gasteiger partial charge on any atom is 0.176 e. The Balaban J connectivity index is 3.72. The van der Waals surface area contributed by atoms with E-state index >= 15 is 0 Å². The molecule has 0 aromatic heterocycles. The van der Waals surface area contributed by atoms with Gasteiger partial charge in [0.2, 0.25) is 0 Å². The van der Waals surface area contributed by atoms with Gasteiger partial charge in [-0.25, -0.2) is 12.8 Å². The number of hydrogen-bond donors (Lipinski definition) is 2. The standard InChI is InChI=1S/C8H7B2FO4S/c1-16(14,15)6-3-4(12)2-5(11)7(6)8(9,10)13/h2-3,12-13H,1H3. The summed E-state index contributed by atoms with van der Waals surface area (Å²) >= 11 is 0. The zero-order chi connectivity index (χ0) is 12.7. The van der Waals surface area contributed by atoms with Crippen LogP contribution in [0.4, 0.5) is 4.39 Å². The minimum Gasteiger partial charge on any atom is -0.508 e. The highest BCUT2D eigenvalue weighted by molar-refractivity contribution is 7.90. The summed E-state index contributed by atoms with van der Waals surface area (Å²) in [6, 6.07) is 1.37. The first-order chi connectivity index (χ1) is 7.03. The Hall–Kier alpha value is -1.01. The molecule has 0 saturated heterocycles. The average Bonchev–Trinajstić information content (AvgIpc) is 1.97. The second-order valence-electron chi connectivity index (χ2n) is 3.40. The minimum absolute atomic E-state index is 0.606. The number of rotatable bonds is 2. The van der Waals surface area contributed by atoms with Crippen molar-refractivity contribution in [2.45, 2.75) is 10.3 Å². The summed E-state index contributed by atoms with van der Waals surface area (Å²) in [6.07, 6.45) is 0.774. The molecule has 0 atom stereocenters. The maximum atomic E-state index is 13.4. The summed E-state index contributed by atoms with van der Waals surface area (Å²) < 4.78 is 36.0. The van der Waals surface area contributed by atoms with Crippen LogP contribution >= 0.6 is 0 Å². The molecule has 0 aliphatic heterocycles. The van der Waals surface area contributed by atoms with Gasteiger partial charge in [0, 0.05) is 23.3 Å². The molecule has 0 unspecified atom stereocenters. The third kappa shape index (κ3) is 2.56. The van der Waals surface area contributed by atoms with E-state index in [4.69, 9.17) is 20.8 Å². The first-order valence-electron chi connectivity index (χ1n) is 4.06. The molecule has 0 aliphatic rings. The van der Waals surface area contributed by atoms with Crippen LogP contribution in [0.1, 0.15) is 5.56 Å². The molecule has 4 radical (unpaired) electrons. The fourth-order valence-corrected chi connectivity index (χ4v) is 2.22. The predicted molar refractivity (Wildman–Crippen MR) is 56.6 cm³/mol. The molecule has 0 heterocycles. The van der Waals surface area contributed by atoms with Gasteiger partial charge in [0.15, 0.2) is 9.84 Å². The average molecular weight is 240 g/mol. The van der Waals surface area contributed by atoms with Gasteiger partial charge in [-0.2, -0.15) is 0 Å². The summed E-state index contributed by atoms with van der Waals surface area (Å²) in [6.45, 7) is 0. The summed E-state index contributed by atoms with van der Waals surface area (Å²) in [5.41, 5.74) is -0.784. The molecule has 0 aliphatic carbocycles. The highest BCUT2D eigenvalue weighted by Crippen LogP contribution is 2.30. The van der Waals surface area contributed by atoms with Crippen LogP contribution in [-0.2, 0) is 15.2 Å². The van der Waals surface area contributed by atoms with Crippen LogP contribution in [0, 0.1) is 5.82 Å². The quantitative estimate of drug-likeness (QED) is 0.675. The van der Waals surface area contributed by atoms with Gasteiger partial charge < -0.3 is 10.2 Å². The van der Waals surface area contributed by atoms with Crippen LogP contribution in [0.15, 0.2) is 17.0 Å². The van der Waals surface area contributed by atoms with Gasteiger partial charge in [-0.05, 0) is 6.07 Å². The summed E-state index contributed by atoms with van der Waals surface area (Å²) in [7, 11) is 6.22. The monoisotopic (exact) mass is 240 g/mol. The van der Waals surface area contributed by atoms with Gasteiger partial charge in [0.1, 0.15) is 27.3 Å².